The van der Waals surface area contributed by atoms with Gasteiger partial charge in [0.1, 0.15) is 11.9 Å². The van der Waals surface area contributed by atoms with Crippen molar-refractivity contribution < 1.29 is 14.7 Å². The number of carbonyl (C=O) groups excluding carboxylic acids is 2. The largest absolute Gasteiger partial charge is 0.508 e. The van der Waals surface area contributed by atoms with Crippen molar-refractivity contribution in [2.24, 2.45) is 0 Å². The van der Waals surface area contributed by atoms with E-state index in [1.807, 2.05) is 55.4 Å². The summed E-state index contributed by atoms with van der Waals surface area (Å²) < 4.78 is 0. The van der Waals surface area contributed by atoms with Crippen molar-refractivity contribution in [1.82, 2.24) is 10.4 Å². The summed E-state index contributed by atoms with van der Waals surface area (Å²) in [6, 6.07) is 20.8. The average molecular weight is 402 g/mol. The Morgan fingerprint density at radius 2 is 1.67 bits per heavy atom. The maximum absolute atomic E-state index is 13.2. The molecule has 0 aromatic heterocycles. The summed E-state index contributed by atoms with van der Waals surface area (Å²) in [5.41, 5.74) is 6.10. The zero-order valence-corrected chi connectivity index (χ0v) is 16.7. The Labute approximate surface area is 174 Å². The number of hydrazine groups is 1. The van der Waals surface area contributed by atoms with E-state index in [0.29, 0.717) is 16.8 Å². The minimum Gasteiger partial charge on any atom is -0.508 e. The highest BCUT2D eigenvalue weighted by atomic mass is 16.3. The minimum absolute atomic E-state index is 0.0649. The second kappa shape index (κ2) is 7.79. The maximum atomic E-state index is 13.2. The van der Waals surface area contributed by atoms with Crippen molar-refractivity contribution in [3.05, 3.63) is 89.5 Å². The van der Waals surface area contributed by atoms with Crippen molar-refractivity contribution in [3.8, 4) is 5.75 Å². The Hall–Kier alpha value is -4.00. The summed E-state index contributed by atoms with van der Waals surface area (Å²) in [7, 11) is 3.91. The highest BCUT2D eigenvalue weighted by Crippen LogP contribution is 2.32. The molecule has 3 aromatic carbocycles. The first-order valence-corrected chi connectivity index (χ1v) is 9.50. The van der Waals surface area contributed by atoms with Gasteiger partial charge in [0.25, 0.3) is 11.8 Å². The van der Waals surface area contributed by atoms with Crippen LogP contribution in [0.3, 0.4) is 0 Å². The van der Waals surface area contributed by atoms with E-state index in [0.717, 1.165) is 11.3 Å². The number of nitrogens with zero attached hydrogens (tertiary/aromatic N) is 2. The van der Waals surface area contributed by atoms with Gasteiger partial charge in [-0.1, -0.05) is 24.3 Å². The van der Waals surface area contributed by atoms with E-state index in [1.165, 1.54) is 29.3 Å². The Balaban J connectivity index is 1.69. The van der Waals surface area contributed by atoms with Gasteiger partial charge >= 0.3 is 0 Å². The molecular weight excluding hydrogens is 380 g/mol. The molecule has 4 rings (SSSR count). The van der Waals surface area contributed by atoms with Gasteiger partial charge < -0.3 is 15.3 Å². The number of para-hydroxylation sites is 1. The number of amides is 2. The van der Waals surface area contributed by atoms with Crippen LogP contribution >= 0.6 is 0 Å². The zero-order chi connectivity index (χ0) is 21.3. The Kier molecular flexibility index (Phi) is 5.02. The Bertz CT molecular complexity index is 1080. The standard InChI is InChI=1S/C23H22N4O3/c1-26(2)17-11-7-15(8-12-17)21-24-20-6-4-3-5-19(20)23(30)27(21)25-22(29)16-9-13-18(28)14-10-16/h3-14,21,24,28H,1-2H3,(H,25,29). The number of hydrogen-bond donors (Lipinski definition) is 3. The molecule has 0 bridgehead atoms. The van der Waals surface area contributed by atoms with Gasteiger partial charge in [0, 0.05) is 31.0 Å². The fraction of sp³-hybridized carbons (Fsp3) is 0.130. The number of nitrogens with one attached hydrogen (secondary N) is 2. The highest BCUT2D eigenvalue weighted by Gasteiger charge is 2.34. The molecule has 1 aliphatic heterocycles. The molecule has 7 heteroatoms. The molecule has 0 saturated heterocycles. The number of phenols is 1. The monoisotopic (exact) mass is 402 g/mol. The van der Waals surface area contributed by atoms with Crippen molar-refractivity contribution in [1.29, 1.82) is 0 Å². The van der Waals surface area contributed by atoms with Gasteiger partial charge in [0.05, 0.1) is 5.56 Å². The number of fused-ring (bicyclic) bond motifs is 1. The number of benzene rings is 3. The lowest BCUT2D eigenvalue weighted by Gasteiger charge is -2.37. The fourth-order valence-corrected chi connectivity index (χ4v) is 3.34. The molecular formula is C23H22N4O3. The van der Waals surface area contributed by atoms with Crippen LogP contribution in [0.2, 0.25) is 0 Å². The van der Waals surface area contributed by atoms with E-state index < -0.39 is 12.1 Å². The molecule has 3 aromatic rings. The SMILES string of the molecule is CN(C)c1ccc(C2Nc3ccccc3C(=O)N2NC(=O)c2ccc(O)cc2)cc1. The molecule has 152 valence electrons. The molecule has 3 N–H and O–H groups in total. The lowest BCUT2D eigenvalue weighted by Crippen LogP contribution is -2.52. The van der Waals surface area contributed by atoms with Crippen molar-refractivity contribution in [2.45, 2.75) is 6.17 Å². The van der Waals surface area contributed by atoms with Crippen LogP contribution in [0.15, 0.2) is 72.8 Å². The van der Waals surface area contributed by atoms with Crippen molar-refractivity contribution in [3.63, 3.8) is 0 Å². The minimum atomic E-state index is -0.579. The van der Waals surface area contributed by atoms with Gasteiger partial charge in [-0.15, -0.1) is 0 Å². The molecule has 0 radical (unpaired) electrons. The van der Waals surface area contributed by atoms with Gasteiger partial charge in [-0.3, -0.25) is 15.0 Å². The quantitative estimate of drug-likeness (QED) is 0.623. The van der Waals surface area contributed by atoms with Crippen LogP contribution in [0.4, 0.5) is 11.4 Å². The molecule has 0 aliphatic carbocycles. The molecule has 1 aliphatic rings. The van der Waals surface area contributed by atoms with Crippen LogP contribution in [0, 0.1) is 0 Å². The maximum Gasteiger partial charge on any atom is 0.276 e. The summed E-state index contributed by atoms with van der Waals surface area (Å²) in [5, 5.41) is 14.1. The van der Waals surface area contributed by atoms with E-state index in [4.69, 9.17) is 0 Å². The topological polar surface area (TPSA) is 84.9 Å². The second-order valence-electron chi connectivity index (χ2n) is 7.24. The van der Waals surface area contributed by atoms with Gasteiger partial charge in [0.15, 0.2) is 0 Å². The van der Waals surface area contributed by atoms with E-state index in [-0.39, 0.29) is 11.7 Å². The molecule has 2 amide bonds. The Morgan fingerprint density at radius 1 is 1.00 bits per heavy atom. The number of anilines is 2. The number of hydrogen-bond acceptors (Lipinski definition) is 5. The van der Waals surface area contributed by atoms with E-state index in [2.05, 4.69) is 10.7 Å². The van der Waals surface area contributed by atoms with Crippen LogP contribution in [-0.2, 0) is 0 Å². The molecule has 30 heavy (non-hydrogen) atoms. The number of carbonyl (C=O) groups is 2. The smallest absolute Gasteiger partial charge is 0.276 e. The van der Waals surface area contributed by atoms with Crippen LogP contribution in [0.1, 0.15) is 32.4 Å². The predicted molar refractivity (Wildman–Crippen MR) is 115 cm³/mol. The van der Waals surface area contributed by atoms with Gasteiger partial charge in [-0.25, -0.2) is 5.01 Å². The van der Waals surface area contributed by atoms with Gasteiger partial charge in [-0.2, -0.15) is 0 Å². The predicted octanol–water partition coefficient (Wildman–Crippen LogP) is 3.37. The first-order chi connectivity index (χ1) is 14.4. The first kappa shape index (κ1) is 19.3. The summed E-state index contributed by atoms with van der Waals surface area (Å²) in [6.45, 7) is 0. The van der Waals surface area contributed by atoms with Gasteiger partial charge in [-0.05, 0) is 54.1 Å². The third kappa shape index (κ3) is 3.65. The van der Waals surface area contributed by atoms with Crippen LogP contribution < -0.4 is 15.6 Å². The molecule has 0 saturated carbocycles. The zero-order valence-electron chi connectivity index (χ0n) is 16.7. The first-order valence-electron chi connectivity index (χ1n) is 9.50. The van der Waals surface area contributed by atoms with E-state index >= 15 is 0 Å². The van der Waals surface area contributed by atoms with E-state index in [9.17, 15) is 14.7 Å². The van der Waals surface area contributed by atoms with Crippen LogP contribution in [-0.4, -0.2) is 36.0 Å². The van der Waals surface area contributed by atoms with Crippen molar-refractivity contribution >= 4 is 23.2 Å². The molecule has 1 atom stereocenters. The van der Waals surface area contributed by atoms with Crippen LogP contribution in [0.25, 0.3) is 0 Å². The molecule has 1 heterocycles. The average Bonchev–Trinajstić information content (AvgIpc) is 2.76. The normalized spacial score (nSPS) is 15.2. The molecule has 1 unspecified atom stereocenters. The Morgan fingerprint density at radius 3 is 2.33 bits per heavy atom. The van der Waals surface area contributed by atoms with Crippen LogP contribution in [0.5, 0.6) is 5.75 Å². The third-order valence-electron chi connectivity index (χ3n) is 5.00. The lowest BCUT2D eigenvalue weighted by atomic mass is 10.0. The summed E-state index contributed by atoms with van der Waals surface area (Å²) >= 11 is 0. The molecule has 0 spiro atoms. The summed E-state index contributed by atoms with van der Waals surface area (Å²) in [4.78, 5) is 28.0. The fourth-order valence-electron chi connectivity index (χ4n) is 3.34. The summed E-state index contributed by atoms with van der Waals surface area (Å²) in [5.74, 6) is -0.687. The van der Waals surface area contributed by atoms with E-state index in [1.54, 1.807) is 12.1 Å². The van der Waals surface area contributed by atoms with Gasteiger partial charge in [0.2, 0.25) is 0 Å². The number of phenolic OH excluding ortho intramolecular Hbond substituents is 1. The molecule has 7 nitrogen and oxygen atoms in total. The highest BCUT2D eigenvalue weighted by molar-refractivity contribution is 6.04. The number of rotatable bonds is 4. The van der Waals surface area contributed by atoms with Crippen molar-refractivity contribution in [2.75, 3.05) is 24.3 Å². The lowest BCUT2D eigenvalue weighted by molar-refractivity contribution is 0.0491. The number of aromatic hydroxyl groups is 1. The second-order valence-corrected chi connectivity index (χ2v) is 7.24. The molecule has 0 fully saturated rings. The summed E-state index contributed by atoms with van der Waals surface area (Å²) in [6.07, 6.45) is -0.579. The third-order valence-corrected chi connectivity index (χ3v) is 5.00.